The van der Waals surface area contributed by atoms with Crippen LogP contribution in [0.1, 0.15) is 13.8 Å². The first-order valence-corrected chi connectivity index (χ1v) is 7.70. The fraction of sp³-hybridized carbons (Fsp3) is 0.625. The predicted molar refractivity (Wildman–Crippen MR) is 88.1 cm³/mol. The lowest BCUT2D eigenvalue weighted by Crippen LogP contribution is -2.45. The van der Waals surface area contributed by atoms with Crippen LogP contribution in [0, 0.1) is 5.92 Å². The molecule has 21 heavy (non-hydrogen) atoms. The monoisotopic (exact) mass is 314 g/mol. The zero-order valence-corrected chi connectivity index (χ0v) is 14.1. The molecule has 1 aromatic rings. The lowest BCUT2D eigenvalue weighted by molar-refractivity contribution is 0.0997. The number of nitrogens with one attached hydrogen (secondary N) is 1. The summed E-state index contributed by atoms with van der Waals surface area (Å²) in [5, 5.41) is 14.0. The van der Waals surface area contributed by atoms with Crippen LogP contribution in [0.5, 0.6) is 5.75 Å². The largest absolute Gasteiger partial charge is 0.491 e. The Balaban J connectivity index is 2.34. The Bertz CT molecular complexity index is 413. The van der Waals surface area contributed by atoms with Crippen molar-refractivity contribution in [1.29, 1.82) is 0 Å². The minimum absolute atomic E-state index is 0.250. The van der Waals surface area contributed by atoms with Crippen molar-refractivity contribution in [2.24, 2.45) is 5.92 Å². The summed E-state index contributed by atoms with van der Waals surface area (Å²) in [6, 6.07) is 7.54. The lowest BCUT2D eigenvalue weighted by atomic mass is 10.0. The molecule has 0 bridgehead atoms. The number of rotatable bonds is 9. The van der Waals surface area contributed by atoms with E-state index < -0.39 is 6.10 Å². The summed E-state index contributed by atoms with van der Waals surface area (Å²) in [5.74, 6) is 1.18. The van der Waals surface area contributed by atoms with E-state index in [4.69, 9.17) is 16.3 Å². The van der Waals surface area contributed by atoms with Crippen molar-refractivity contribution in [3.05, 3.63) is 29.3 Å². The van der Waals surface area contributed by atoms with Gasteiger partial charge in [-0.3, -0.25) is 0 Å². The molecule has 0 aliphatic heterocycles. The van der Waals surface area contributed by atoms with Crippen LogP contribution in [0.3, 0.4) is 0 Å². The van der Waals surface area contributed by atoms with E-state index in [0.717, 1.165) is 6.54 Å². The molecule has 0 aromatic heterocycles. The Kier molecular flexibility index (Phi) is 8.04. The number of likely N-dealkylation sites (N-methyl/N-ethyl adjacent to an activating group) is 1. The van der Waals surface area contributed by atoms with E-state index in [0.29, 0.717) is 29.3 Å². The highest BCUT2D eigenvalue weighted by atomic mass is 35.5. The third-order valence-corrected chi connectivity index (χ3v) is 3.46. The minimum atomic E-state index is -0.549. The molecule has 4 nitrogen and oxygen atoms in total. The number of hydrogen-bond acceptors (Lipinski definition) is 4. The second kappa shape index (κ2) is 9.26. The van der Waals surface area contributed by atoms with Crippen molar-refractivity contribution in [2.75, 3.05) is 33.8 Å². The van der Waals surface area contributed by atoms with Crippen LogP contribution < -0.4 is 10.1 Å². The standard InChI is InChI=1S/C16H27ClN2O2/c1-12(2)16(10-19(3)4)18-9-14(20)11-21-15-7-5-6-13(17)8-15/h5-8,12,14,16,18,20H,9-11H2,1-4H3. The first kappa shape index (κ1) is 18.2. The van der Waals surface area contributed by atoms with Gasteiger partial charge < -0.3 is 20.1 Å². The highest BCUT2D eigenvalue weighted by Crippen LogP contribution is 2.17. The summed E-state index contributed by atoms with van der Waals surface area (Å²) in [4.78, 5) is 2.15. The zero-order valence-electron chi connectivity index (χ0n) is 13.3. The molecule has 2 unspecified atom stereocenters. The molecule has 2 atom stereocenters. The van der Waals surface area contributed by atoms with Crippen LogP contribution in [0.4, 0.5) is 0 Å². The van der Waals surface area contributed by atoms with E-state index in [-0.39, 0.29) is 6.61 Å². The van der Waals surface area contributed by atoms with Crippen LogP contribution in [-0.2, 0) is 0 Å². The van der Waals surface area contributed by atoms with Crippen molar-refractivity contribution in [3.8, 4) is 5.75 Å². The van der Waals surface area contributed by atoms with Gasteiger partial charge in [0.1, 0.15) is 18.5 Å². The molecule has 1 rings (SSSR count). The van der Waals surface area contributed by atoms with Gasteiger partial charge in [-0.05, 0) is 38.2 Å². The van der Waals surface area contributed by atoms with Gasteiger partial charge in [-0.25, -0.2) is 0 Å². The van der Waals surface area contributed by atoms with Crippen LogP contribution in [-0.4, -0.2) is 55.9 Å². The first-order chi connectivity index (χ1) is 9.88. The van der Waals surface area contributed by atoms with E-state index in [1.165, 1.54) is 0 Å². The van der Waals surface area contributed by atoms with Crippen LogP contribution >= 0.6 is 11.6 Å². The molecule has 0 spiro atoms. The summed E-state index contributed by atoms with van der Waals surface area (Å²) < 4.78 is 5.54. The maximum atomic E-state index is 10.0. The minimum Gasteiger partial charge on any atom is -0.491 e. The number of halogens is 1. The van der Waals surface area contributed by atoms with Gasteiger partial charge in [0.05, 0.1) is 0 Å². The van der Waals surface area contributed by atoms with E-state index in [1.807, 2.05) is 12.1 Å². The van der Waals surface area contributed by atoms with E-state index in [1.54, 1.807) is 12.1 Å². The third-order valence-electron chi connectivity index (χ3n) is 3.22. The second-order valence-electron chi connectivity index (χ2n) is 5.94. The third kappa shape index (κ3) is 7.67. The quantitative estimate of drug-likeness (QED) is 0.734. The normalized spacial score (nSPS) is 14.5. The van der Waals surface area contributed by atoms with Gasteiger partial charge in [-0.1, -0.05) is 31.5 Å². The Labute approximate surface area is 133 Å². The van der Waals surface area contributed by atoms with Crippen molar-refractivity contribution in [2.45, 2.75) is 26.0 Å². The van der Waals surface area contributed by atoms with Crippen molar-refractivity contribution >= 4 is 11.6 Å². The summed E-state index contributed by atoms with van der Waals surface area (Å²) in [7, 11) is 4.10. The Morgan fingerprint density at radius 2 is 2.05 bits per heavy atom. The molecule has 2 N–H and O–H groups in total. The lowest BCUT2D eigenvalue weighted by Gasteiger charge is -2.26. The molecule has 5 heteroatoms. The summed E-state index contributed by atoms with van der Waals surface area (Å²) in [6.45, 7) is 6.06. The van der Waals surface area contributed by atoms with Crippen molar-refractivity contribution < 1.29 is 9.84 Å². The number of hydrogen-bond donors (Lipinski definition) is 2. The summed E-state index contributed by atoms with van der Waals surface area (Å²) in [5.41, 5.74) is 0. The highest BCUT2D eigenvalue weighted by molar-refractivity contribution is 6.30. The van der Waals surface area contributed by atoms with Gasteiger partial charge >= 0.3 is 0 Å². The SMILES string of the molecule is CC(C)C(CN(C)C)NCC(O)COc1cccc(Cl)c1. The fourth-order valence-electron chi connectivity index (χ4n) is 2.00. The maximum absolute atomic E-state index is 10.0. The predicted octanol–water partition coefficient (Wildman–Crippen LogP) is 2.26. The average molecular weight is 315 g/mol. The van der Waals surface area contributed by atoms with Crippen molar-refractivity contribution in [1.82, 2.24) is 10.2 Å². The number of aliphatic hydroxyl groups excluding tert-OH is 1. The summed E-state index contributed by atoms with van der Waals surface area (Å²) in [6.07, 6.45) is -0.549. The second-order valence-corrected chi connectivity index (χ2v) is 6.38. The Morgan fingerprint density at radius 3 is 2.62 bits per heavy atom. The molecular weight excluding hydrogens is 288 g/mol. The van der Waals surface area contributed by atoms with Gasteiger partial charge in [0.15, 0.2) is 0 Å². The molecule has 0 fully saturated rings. The van der Waals surface area contributed by atoms with E-state index >= 15 is 0 Å². The van der Waals surface area contributed by atoms with Gasteiger partial charge in [-0.15, -0.1) is 0 Å². The van der Waals surface area contributed by atoms with Gasteiger partial charge in [0.25, 0.3) is 0 Å². The number of benzene rings is 1. The van der Waals surface area contributed by atoms with Gasteiger partial charge in [-0.2, -0.15) is 0 Å². The molecule has 0 aliphatic rings. The average Bonchev–Trinajstić information content (AvgIpc) is 2.40. The van der Waals surface area contributed by atoms with Crippen molar-refractivity contribution in [3.63, 3.8) is 0 Å². The fourth-order valence-corrected chi connectivity index (χ4v) is 2.18. The highest BCUT2D eigenvalue weighted by Gasteiger charge is 2.15. The van der Waals surface area contributed by atoms with E-state index in [2.05, 4.69) is 38.2 Å². The van der Waals surface area contributed by atoms with Crippen LogP contribution in [0.25, 0.3) is 0 Å². The number of aliphatic hydroxyl groups is 1. The number of nitrogens with zero attached hydrogens (tertiary/aromatic N) is 1. The molecular formula is C16H27ClN2O2. The van der Waals surface area contributed by atoms with Crippen LogP contribution in [0.15, 0.2) is 24.3 Å². The van der Waals surface area contributed by atoms with Gasteiger partial charge in [0, 0.05) is 24.2 Å². The molecule has 0 heterocycles. The van der Waals surface area contributed by atoms with Gasteiger partial charge in [0.2, 0.25) is 0 Å². The van der Waals surface area contributed by atoms with E-state index in [9.17, 15) is 5.11 Å². The number of ether oxygens (including phenoxy) is 1. The molecule has 0 saturated heterocycles. The Hall–Kier alpha value is -0.810. The maximum Gasteiger partial charge on any atom is 0.120 e. The molecule has 1 aromatic carbocycles. The smallest absolute Gasteiger partial charge is 0.120 e. The summed E-state index contributed by atoms with van der Waals surface area (Å²) >= 11 is 5.89. The molecule has 0 saturated carbocycles. The topological polar surface area (TPSA) is 44.7 Å². The zero-order chi connectivity index (χ0) is 15.8. The first-order valence-electron chi connectivity index (χ1n) is 7.33. The van der Waals surface area contributed by atoms with Crippen LogP contribution in [0.2, 0.25) is 5.02 Å². The molecule has 0 aliphatic carbocycles. The Morgan fingerprint density at radius 1 is 1.33 bits per heavy atom. The molecule has 0 amide bonds. The molecule has 0 radical (unpaired) electrons. The molecule has 120 valence electrons.